The Labute approximate surface area is 195 Å². The van der Waals surface area contributed by atoms with Crippen molar-refractivity contribution in [3.8, 4) is 10.6 Å². The molecule has 0 spiro atoms. The minimum absolute atomic E-state index is 0.0969. The molecular weight excluding hydrogens is 454 g/mol. The molecule has 1 aliphatic carbocycles. The van der Waals surface area contributed by atoms with Gasteiger partial charge in [-0.1, -0.05) is 18.5 Å². The van der Waals surface area contributed by atoms with Crippen LogP contribution in [0.15, 0.2) is 36.0 Å². The highest BCUT2D eigenvalue weighted by molar-refractivity contribution is 7.13. The number of thiazole rings is 1. The van der Waals surface area contributed by atoms with Crippen molar-refractivity contribution in [3.63, 3.8) is 0 Å². The van der Waals surface area contributed by atoms with E-state index in [0.29, 0.717) is 18.2 Å². The Morgan fingerprint density at radius 1 is 1.25 bits per heavy atom. The smallest absolute Gasteiger partial charge is 0.169 e. The van der Waals surface area contributed by atoms with Crippen LogP contribution in [0, 0.1) is 17.6 Å². The molecule has 2 aromatic heterocycles. The average Bonchev–Trinajstić information content (AvgIpc) is 3.25. The number of hydrogen-bond acceptors (Lipinski definition) is 6. The second-order valence-corrected chi connectivity index (χ2v) is 9.16. The van der Waals surface area contributed by atoms with Crippen molar-refractivity contribution in [1.82, 2.24) is 9.97 Å². The zero-order valence-electron chi connectivity index (χ0n) is 17.8. The van der Waals surface area contributed by atoms with Gasteiger partial charge in [0.05, 0.1) is 22.5 Å². The second-order valence-electron chi connectivity index (χ2n) is 7.90. The Morgan fingerprint density at radius 2 is 2.03 bits per heavy atom. The topological polar surface area (TPSA) is 80.9 Å². The Bertz CT molecular complexity index is 1070. The normalized spacial score (nSPS) is 20.2. The molecule has 2 unspecified atom stereocenters. The lowest BCUT2D eigenvalue weighted by molar-refractivity contribution is 0.111. The van der Waals surface area contributed by atoms with Gasteiger partial charge in [0.15, 0.2) is 12.1 Å². The predicted octanol–water partition coefficient (Wildman–Crippen LogP) is 5.91. The Kier molecular flexibility index (Phi) is 8.28. The summed E-state index contributed by atoms with van der Waals surface area (Å²) in [6.45, 7) is 2.30. The van der Waals surface area contributed by atoms with E-state index in [1.807, 2.05) is 19.4 Å². The van der Waals surface area contributed by atoms with Gasteiger partial charge in [0.25, 0.3) is 0 Å². The predicted molar refractivity (Wildman–Crippen MR) is 125 cm³/mol. The summed E-state index contributed by atoms with van der Waals surface area (Å²) in [7, 11) is 1.95. The van der Waals surface area contributed by atoms with Crippen LogP contribution in [-0.2, 0) is 0 Å². The number of pyridine rings is 1. The third kappa shape index (κ3) is 5.68. The van der Waals surface area contributed by atoms with Crippen LogP contribution in [0.5, 0.6) is 0 Å². The fourth-order valence-corrected chi connectivity index (χ4v) is 5.02. The van der Waals surface area contributed by atoms with Crippen molar-refractivity contribution in [3.05, 3.63) is 63.9 Å². The SMILES string of the molecule is CNc1cnccc1[C@@H]1CC(C)CC(N)C1.O=Cc1csc(-c2c(F)ccc(Cl)c2F)n1. The number of aldehydes is 1. The average molecular weight is 479 g/mol. The zero-order valence-corrected chi connectivity index (χ0v) is 19.4. The summed E-state index contributed by atoms with van der Waals surface area (Å²) in [5, 5.41) is 4.55. The molecule has 3 aromatic rings. The van der Waals surface area contributed by atoms with Crippen molar-refractivity contribution < 1.29 is 13.6 Å². The first-order valence-electron chi connectivity index (χ1n) is 10.3. The highest BCUT2D eigenvalue weighted by Gasteiger charge is 2.26. The molecule has 0 saturated heterocycles. The molecule has 0 amide bonds. The maximum absolute atomic E-state index is 13.6. The number of nitrogens with zero attached hydrogens (tertiary/aromatic N) is 2. The van der Waals surface area contributed by atoms with E-state index in [-0.39, 0.29) is 21.3 Å². The number of hydrogen-bond donors (Lipinski definition) is 2. The van der Waals surface area contributed by atoms with Crippen LogP contribution in [0.25, 0.3) is 10.6 Å². The lowest BCUT2D eigenvalue weighted by Crippen LogP contribution is -2.31. The fourth-order valence-electron chi connectivity index (χ4n) is 4.06. The van der Waals surface area contributed by atoms with E-state index in [0.717, 1.165) is 47.9 Å². The molecule has 0 bridgehead atoms. The molecular formula is C23H25ClF2N4OS. The lowest BCUT2D eigenvalue weighted by atomic mass is 9.76. The van der Waals surface area contributed by atoms with Gasteiger partial charge in [0.1, 0.15) is 16.5 Å². The molecule has 1 fully saturated rings. The zero-order chi connectivity index (χ0) is 23.3. The number of carbonyl (C=O) groups is 1. The van der Waals surface area contributed by atoms with Gasteiger partial charge in [0.2, 0.25) is 0 Å². The van der Waals surface area contributed by atoms with E-state index in [4.69, 9.17) is 17.3 Å². The fraction of sp³-hybridized carbons (Fsp3) is 0.348. The molecule has 1 aliphatic rings. The minimum Gasteiger partial charge on any atom is -0.387 e. The minimum atomic E-state index is -0.867. The Balaban J connectivity index is 0.000000181. The van der Waals surface area contributed by atoms with Crippen LogP contribution in [-0.4, -0.2) is 29.3 Å². The molecule has 9 heteroatoms. The summed E-state index contributed by atoms with van der Waals surface area (Å²) in [6, 6.07) is 4.67. The first-order chi connectivity index (χ1) is 15.3. The number of halogens is 3. The van der Waals surface area contributed by atoms with Gasteiger partial charge in [-0.15, -0.1) is 11.3 Å². The van der Waals surface area contributed by atoms with Crippen LogP contribution < -0.4 is 11.1 Å². The van der Waals surface area contributed by atoms with Gasteiger partial charge >= 0.3 is 0 Å². The van der Waals surface area contributed by atoms with Crippen molar-refractivity contribution in [1.29, 1.82) is 0 Å². The molecule has 1 aromatic carbocycles. The number of benzene rings is 1. The highest BCUT2D eigenvalue weighted by atomic mass is 35.5. The highest BCUT2D eigenvalue weighted by Crippen LogP contribution is 2.38. The third-order valence-corrected chi connectivity index (χ3v) is 6.61. The molecule has 3 atom stereocenters. The maximum Gasteiger partial charge on any atom is 0.169 e. The van der Waals surface area contributed by atoms with Crippen molar-refractivity contribution in [2.75, 3.05) is 12.4 Å². The molecule has 0 aliphatic heterocycles. The van der Waals surface area contributed by atoms with Crippen LogP contribution in [0.2, 0.25) is 5.02 Å². The van der Waals surface area contributed by atoms with Gasteiger partial charge in [-0.25, -0.2) is 13.8 Å². The van der Waals surface area contributed by atoms with E-state index in [1.165, 1.54) is 17.4 Å². The molecule has 32 heavy (non-hydrogen) atoms. The van der Waals surface area contributed by atoms with Gasteiger partial charge in [-0.2, -0.15) is 0 Å². The maximum atomic E-state index is 13.6. The summed E-state index contributed by atoms with van der Waals surface area (Å²) in [6.07, 6.45) is 7.80. The summed E-state index contributed by atoms with van der Waals surface area (Å²) >= 11 is 6.53. The van der Waals surface area contributed by atoms with Crippen molar-refractivity contribution >= 4 is 34.9 Å². The van der Waals surface area contributed by atoms with E-state index in [2.05, 4.69) is 28.3 Å². The molecule has 1 saturated carbocycles. The molecule has 3 N–H and O–H groups in total. The van der Waals surface area contributed by atoms with E-state index in [1.54, 1.807) is 0 Å². The largest absolute Gasteiger partial charge is 0.387 e. The van der Waals surface area contributed by atoms with Gasteiger partial charge < -0.3 is 11.1 Å². The van der Waals surface area contributed by atoms with Crippen LogP contribution in [0.1, 0.15) is 48.2 Å². The number of nitrogens with two attached hydrogens (primary N) is 1. The number of rotatable bonds is 4. The molecule has 170 valence electrons. The van der Waals surface area contributed by atoms with Gasteiger partial charge in [-0.3, -0.25) is 9.78 Å². The lowest BCUT2D eigenvalue weighted by Gasteiger charge is -2.32. The van der Waals surface area contributed by atoms with E-state index < -0.39 is 11.6 Å². The second kappa shape index (κ2) is 10.9. The van der Waals surface area contributed by atoms with Crippen molar-refractivity contribution in [2.45, 2.75) is 38.1 Å². The first kappa shape index (κ1) is 24.2. The standard InChI is InChI=1S/C13H21N3.C10H4ClF2NOS/c1-9-5-10(7-11(14)6-9)12-3-4-16-8-13(12)15-2;11-6-1-2-7(12)8(9(6)13)10-14-5(3-15)4-16-10/h3-4,8-11,15H,5-7,14H2,1-2H3;1-4H/t9?,10-,11?;/m1./s1. The first-order valence-corrected chi connectivity index (χ1v) is 11.5. The number of aromatic nitrogens is 2. The van der Waals surface area contributed by atoms with Gasteiger partial charge in [0, 0.05) is 24.7 Å². The summed E-state index contributed by atoms with van der Waals surface area (Å²) in [5.41, 5.74) is 8.47. The molecule has 5 nitrogen and oxygen atoms in total. The summed E-state index contributed by atoms with van der Waals surface area (Å²) < 4.78 is 27.0. The quantitative estimate of drug-likeness (QED) is 0.360. The molecule has 0 radical (unpaired) electrons. The van der Waals surface area contributed by atoms with Crippen LogP contribution in [0.3, 0.4) is 0 Å². The summed E-state index contributed by atoms with van der Waals surface area (Å²) in [5.74, 6) is -0.307. The Hall–Kier alpha value is -2.42. The van der Waals surface area contributed by atoms with Crippen LogP contribution >= 0.6 is 22.9 Å². The number of carbonyl (C=O) groups excluding carboxylic acids is 1. The van der Waals surface area contributed by atoms with E-state index >= 15 is 0 Å². The third-order valence-electron chi connectivity index (χ3n) is 5.44. The monoisotopic (exact) mass is 478 g/mol. The van der Waals surface area contributed by atoms with E-state index in [9.17, 15) is 13.6 Å². The molecule has 4 rings (SSSR count). The van der Waals surface area contributed by atoms with Gasteiger partial charge in [-0.05, 0) is 54.9 Å². The number of nitrogens with one attached hydrogen (secondary N) is 1. The molecule has 2 heterocycles. The summed E-state index contributed by atoms with van der Waals surface area (Å²) in [4.78, 5) is 18.3. The number of anilines is 1. The van der Waals surface area contributed by atoms with Crippen molar-refractivity contribution in [2.24, 2.45) is 11.7 Å². The van der Waals surface area contributed by atoms with Crippen LogP contribution in [0.4, 0.5) is 14.5 Å². The Morgan fingerprint density at radius 3 is 2.69 bits per heavy atom.